The van der Waals surface area contributed by atoms with E-state index in [-0.39, 0.29) is 0 Å². The molecule has 2 aromatic heterocycles. The maximum atomic E-state index is 4.60. The summed E-state index contributed by atoms with van der Waals surface area (Å²) in [5.74, 6) is 0. The van der Waals surface area contributed by atoms with Gasteiger partial charge in [0.15, 0.2) is 0 Å². The van der Waals surface area contributed by atoms with Crippen LogP contribution in [-0.4, -0.2) is 15.7 Å². The van der Waals surface area contributed by atoms with E-state index in [1.165, 1.54) is 0 Å². The van der Waals surface area contributed by atoms with E-state index < -0.39 is 0 Å². The van der Waals surface area contributed by atoms with E-state index >= 15 is 0 Å². The van der Waals surface area contributed by atoms with Gasteiger partial charge in [0.1, 0.15) is 5.71 Å². The van der Waals surface area contributed by atoms with Crippen LogP contribution in [0.4, 0.5) is 5.69 Å². The maximum absolute atomic E-state index is 4.60. The van der Waals surface area contributed by atoms with Gasteiger partial charge in [-0.05, 0) is 49.2 Å². The highest BCUT2D eigenvalue weighted by atomic mass is 15.3. The number of hydrogen-bond acceptors (Lipinski definition) is 4. The summed E-state index contributed by atoms with van der Waals surface area (Å²) in [5.41, 5.74) is 8.78. The zero-order valence-corrected chi connectivity index (χ0v) is 13.2. The predicted molar refractivity (Wildman–Crippen MR) is 93.7 cm³/mol. The maximum Gasteiger partial charge on any atom is 0.135 e. The summed E-state index contributed by atoms with van der Waals surface area (Å²) < 4.78 is 0. The molecule has 0 saturated heterocycles. The largest absolute Gasteiger partial charge is 0.277 e. The molecule has 0 spiro atoms. The first-order chi connectivity index (χ1) is 11.3. The van der Waals surface area contributed by atoms with Crippen LogP contribution in [0.25, 0.3) is 0 Å². The highest BCUT2D eigenvalue weighted by Crippen LogP contribution is 2.20. The molecule has 3 rings (SSSR count). The van der Waals surface area contributed by atoms with Crippen LogP contribution >= 0.6 is 0 Å². The average Bonchev–Trinajstić information content (AvgIpc) is 2.59. The summed E-state index contributed by atoms with van der Waals surface area (Å²) in [6.45, 7) is 4.12. The topological polar surface area (TPSA) is 50.2 Å². The lowest BCUT2D eigenvalue weighted by Gasteiger charge is -2.11. The zero-order chi connectivity index (χ0) is 16.1. The first kappa shape index (κ1) is 14.9. The molecule has 0 aliphatic rings. The van der Waals surface area contributed by atoms with Gasteiger partial charge in [-0.1, -0.05) is 30.3 Å². The van der Waals surface area contributed by atoms with Crippen LogP contribution in [0.2, 0.25) is 0 Å². The molecule has 1 aromatic carbocycles. The van der Waals surface area contributed by atoms with Gasteiger partial charge in [-0.15, -0.1) is 0 Å². The minimum atomic E-state index is 0.717. The van der Waals surface area contributed by atoms with E-state index in [0.717, 1.165) is 28.2 Å². The van der Waals surface area contributed by atoms with Crippen molar-refractivity contribution >= 4 is 11.4 Å². The summed E-state index contributed by atoms with van der Waals surface area (Å²) in [6, 6.07) is 17.7. The molecule has 0 aliphatic carbocycles. The van der Waals surface area contributed by atoms with Gasteiger partial charge in [0.05, 0.1) is 17.1 Å². The number of aryl methyl sites for hydroxylation is 2. The molecular formula is C19H18N4. The fraction of sp³-hybridized carbons (Fsp3) is 0.105. The molecule has 0 atom stereocenters. The third-order valence-corrected chi connectivity index (χ3v) is 3.58. The monoisotopic (exact) mass is 302 g/mol. The summed E-state index contributed by atoms with van der Waals surface area (Å²) in [6.07, 6.45) is 3.51. The van der Waals surface area contributed by atoms with Crippen molar-refractivity contribution in [1.82, 2.24) is 9.97 Å². The number of para-hydroxylation sites is 1. The number of benzene rings is 1. The number of anilines is 1. The van der Waals surface area contributed by atoms with Crippen molar-refractivity contribution in [2.45, 2.75) is 13.8 Å². The quantitative estimate of drug-likeness (QED) is 0.586. The lowest BCUT2D eigenvalue weighted by atomic mass is 10.1. The first-order valence-corrected chi connectivity index (χ1v) is 7.48. The number of aromatic nitrogens is 2. The molecular weight excluding hydrogens is 284 g/mol. The minimum absolute atomic E-state index is 0.717. The van der Waals surface area contributed by atoms with Gasteiger partial charge in [0, 0.05) is 12.4 Å². The Hall–Kier alpha value is -3.01. The Kier molecular flexibility index (Phi) is 4.43. The Balaban J connectivity index is 2.02. The summed E-state index contributed by atoms with van der Waals surface area (Å²) in [5, 5.41) is 4.60. The first-order valence-electron chi connectivity index (χ1n) is 7.48. The van der Waals surface area contributed by atoms with Gasteiger partial charge in [0.2, 0.25) is 0 Å². The number of pyridine rings is 2. The van der Waals surface area contributed by atoms with Gasteiger partial charge in [-0.2, -0.15) is 5.10 Å². The van der Waals surface area contributed by atoms with E-state index in [0.29, 0.717) is 5.71 Å². The Morgan fingerprint density at radius 2 is 1.35 bits per heavy atom. The molecule has 0 saturated carbocycles. The number of hydrogen-bond donors (Lipinski definition) is 1. The summed E-state index contributed by atoms with van der Waals surface area (Å²) in [7, 11) is 0. The van der Waals surface area contributed by atoms with Gasteiger partial charge < -0.3 is 0 Å². The van der Waals surface area contributed by atoms with Crippen molar-refractivity contribution in [3.8, 4) is 0 Å². The van der Waals surface area contributed by atoms with Gasteiger partial charge in [-0.3, -0.25) is 15.4 Å². The van der Waals surface area contributed by atoms with Crippen LogP contribution in [0.1, 0.15) is 22.5 Å². The van der Waals surface area contributed by atoms with Crippen LogP contribution in [0, 0.1) is 13.8 Å². The van der Waals surface area contributed by atoms with E-state index in [1.54, 1.807) is 12.4 Å². The van der Waals surface area contributed by atoms with Crippen LogP contribution in [0.3, 0.4) is 0 Å². The molecule has 0 unspecified atom stereocenters. The van der Waals surface area contributed by atoms with E-state index in [4.69, 9.17) is 0 Å². The highest BCUT2D eigenvalue weighted by molar-refractivity contribution is 6.10. The minimum Gasteiger partial charge on any atom is -0.277 e. The van der Waals surface area contributed by atoms with Crippen LogP contribution in [0.15, 0.2) is 72.1 Å². The Labute approximate surface area is 135 Å². The van der Waals surface area contributed by atoms with Crippen molar-refractivity contribution in [2.75, 3.05) is 5.43 Å². The SMILES string of the molecule is Cc1cccc(C)c1NN=C(c1ccccn1)c1ccccn1. The van der Waals surface area contributed by atoms with Gasteiger partial charge in [-0.25, -0.2) is 0 Å². The van der Waals surface area contributed by atoms with Crippen molar-refractivity contribution in [3.05, 3.63) is 89.5 Å². The molecule has 0 bridgehead atoms. The molecule has 1 N–H and O–H groups in total. The van der Waals surface area contributed by atoms with Crippen molar-refractivity contribution in [1.29, 1.82) is 0 Å². The van der Waals surface area contributed by atoms with Crippen molar-refractivity contribution < 1.29 is 0 Å². The van der Waals surface area contributed by atoms with E-state index in [9.17, 15) is 0 Å². The summed E-state index contributed by atoms with van der Waals surface area (Å²) >= 11 is 0. The molecule has 23 heavy (non-hydrogen) atoms. The van der Waals surface area contributed by atoms with Crippen LogP contribution in [0.5, 0.6) is 0 Å². The van der Waals surface area contributed by atoms with Crippen molar-refractivity contribution in [2.24, 2.45) is 5.10 Å². The van der Waals surface area contributed by atoms with Crippen LogP contribution < -0.4 is 5.43 Å². The van der Waals surface area contributed by atoms with Gasteiger partial charge >= 0.3 is 0 Å². The van der Waals surface area contributed by atoms with E-state index in [2.05, 4.69) is 46.5 Å². The summed E-state index contributed by atoms with van der Waals surface area (Å²) in [4.78, 5) is 8.80. The molecule has 0 aliphatic heterocycles. The fourth-order valence-electron chi connectivity index (χ4n) is 2.35. The average molecular weight is 302 g/mol. The molecule has 0 amide bonds. The van der Waals surface area contributed by atoms with Gasteiger partial charge in [0.25, 0.3) is 0 Å². The lowest BCUT2D eigenvalue weighted by molar-refractivity contribution is 1.20. The third-order valence-electron chi connectivity index (χ3n) is 3.58. The zero-order valence-electron chi connectivity index (χ0n) is 13.2. The second-order valence-corrected chi connectivity index (χ2v) is 5.27. The molecule has 114 valence electrons. The smallest absolute Gasteiger partial charge is 0.135 e. The molecule has 3 aromatic rings. The molecule has 0 fully saturated rings. The molecule has 4 nitrogen and oxygen atoms in total. The second-order valence-electron chi connectivity index (χ2n) is 5.27. The second kappa shape index (κ2) is 6.83. The third kappa shape index (κ3) is 3.43. The fourth-order valence-corrected chi connectivity index (χ4v) is 2.35. The number of nitrogens with one attached hydrogen (secondary N) is 1. The predicted octanol–water partition coefficient (Wildman–Crippen LogP) is 3.96. The Bertz CT molecular complexity index is 750. The molecule has 4 heteroatoms. The van der Waals surface area contributed by atoms with Crippen molar-refractivity contribution in [3.63, 3.8) is 0 Å². The van der Waals surface area contributed by atoms with E-state index in [1.807, 2.05) is 42.5 Å². The number of hydrazone groups is 1. The number of nitrogens with zero attached hydrogens (tertiary/aromatic N) is 3. The normalized spacial score (nSPS) is 10.2. The molecule has 2 heterocycles. The number of rotatable bonds is 4. The Morgan fingerprint density at radius 3 is 1.83 bits per heavy atom. The Morgan fingerprint density at radius 1 is 0.783 bits per heavy atom. The lowest BCUT2D eigenvalue weighted by Crippen LogP contribution is -2.10. The standard InChI is InChI=1S/C19H18N4/c1-14-8-7-9-15(2)18(14)22-23-19(16-10-3-5-12-20-16)17-11-4-6-13-21-17/h3-13,22H,1-2H3. The van der Waals surface area contributed by atoms with Crippen LogP contribution in [-0.2, 0) is 0 Å². The molecule has 0 radical (unpaired) electrons. The highest BCUT2D eigenvalue weighted by Gasteiger charge is 2.10.